The van der Waals surface area contributed by atoms with Gasteiger partial charge < -0.3 is 9.47 Å². The average molecular weight is 469 g/mol. The summed E-state index contributed by atoms with van der Waals surface area (Å²) in [5.41, 5.74) is 0.494. The van der Waals surface area contributed by atoms with Crippen molar-refractivity contribution in [3.63, 3.8) is 0 Å². The first-order valence-corrected chi connectivity index (χ1v) is 11.9. The van der Waals surface area contributed by atoms with Gasteiger partial charge in [-0.2, -0.15) is 9.61 Å². The molecule has 0 saturated heterocycles. The van der Waals surface area contributed by atoms with Crippen molar-refractivity contribution in [2.45, 2.75) is 36.9 Å². The molecule has 0 radical (unpaired) electrons. The molecule has 0 saturated carbocycles. The number of hydrogen-bond donors (Lipinski definition) is 0. The van der Waals surface area contributed by atoms with Crippen LogP contribution in [-0.4, -0.2) is 36.0 Å². The molecule has 164 valence electrons. The van der Waals surface area contributed by atoms with Gasteiger partial charge in [0.1, 0.15) is 11.6 Å². The highest BCUT2D eigenvalue weighted by Gasteiger charge is 2.28. The van der Waals surface area contributed by atoms with Gasteiger partial charge in [-0.05, 0) is 18.6 Å². The molecule has 0 amide bonds. The first-order chi connectivity index (χ1) is 15.7. The van der Waals surface area contributed by atoms with Gasteiger partial charge in [-0.15, -0.1) is 16.8 Å². The number of para-hydroxylation sites is 2. The summed E-state index contributed by atoms with van der Waals surface area (Å²) >= 11 is 2.89. The Labute approximate surface area is 191 Å². The molecular formula is C21H20N6O3S2. The number of thioether (sulfide) groups is 1. The van der Waals surface area contributed by atoms with E-state index in [-0.39, 0.29) is 11.7 Å². The molecule has 32 heavy (non-hydrogen) atoms. The van der Waals surface area contributed by atoms with Gasteiger partial charge in [-0.1, -0.05) is 48.2 Å². The Kier molecular flexibility index (Phi) is 5.66. The summed E-state index contributed by atoms with van der Waals surface area (Å²) in [6.45, 7) is 6.72. The van der Waals surface area contributed by atoms with Crippen LogP contribution in [0.15, 0.2) is 52.9 Å². The van der Waals surface area contributed by atoms with E-state index in [1.807, 2.05) is 35.8 Å². The van der Waals surface area contributed by atoms with Crippen LogP contribution in [0.5, 0.6) is 11.5 Å². The molecule has 1 aliphatic heterocycles. The highest BCUT2D eigenvalue weighted by Crippen LogP contribution is 2.36. The van der Waals surface area contributed by atoms with Gasteiger partial charge in [-0.25, -0.2) is 4.98 Å². The third-order valence-electron chi connectivity index (χ3n) is 4.85. The van der Waals surface area contributed by atoms with E-state index < -0.39 is 0 Å². The Morgan fingerprint density at radius 2 is 2.16 bits per heavy atom. The minimum Gasteiger partial charge on any atom is -0.485 e. The Bertz CT molecular complexity index is 1350. The molecule has 0 aliphatic carbocycles. The SMILES string of the molecule is C=CCn1c(SCc2cc(=O)n3nc(CC)sc3n2)nnc1[C@H]1COc2ccccc2O1. The molecule has 0 fully saturated rings. The molecule has 1 atom stereocenters. The van der Waals surface area contributed by atoms with Crippen molar-refractivity contribution >= 4 is 28.1 Å². The van der Waals surface area contributed by atoms with Crippen molar-refractivity contribution in [3.05, 3.63) is 69.9 Å². The van der Waals surface area contributed by atoms with Crippen molar-refractivity contribution in [2.75, 3.05) is 6.61 Å². The van der Waals surface area contributed by atoms with Crippen LogP contribution in [0.25, 0.3) is 4.96 Å². The molecule has 5 rings (SSSR count). The fourth-order valence-corrected chi connectivity index (χ4v) is 5.05. The summed E-state index contributed by atoms with van der Waals surface area (Å²) in [5.74, 6) is 2.54. The minimum absolute atomic E-state index is 0.179. The first kappa shape index (κ1) is 20.7. The number of rotatable bonds is 7. The van der Waals surface area contributed by atoms with Crippen LogP contribution >= 0.6 is 23.1 Å². The van der Waals surface area contributed by atoms with Gasteiger partial charge in [0.05, 0.1) is 5.69 Å². The maximum Gasteiger partial charge on any atom is 0.275 e. The third kappa shape index (κ3) is 3.89. The number of fused-ring (bicyclic) bond motifs is 2. The number of allylic oxidation sites excluding steroid dienone is 1. The predicted octanol–water partition coefficient (Wildman–Crippen LogP) is 3.30. The molecule has 1 aliphatic rings. The lowest BCUT2D eigenvalue weighted by Crippen LogP contribution is -2.25. The maximum absolute atomic E-state index is 12.4. The molecule has 1 aromatic carbocycles. The van der Waals surface area contributed by atoms with Gasteiger partial charge in [-0.3, -0.25) is 9.36 Å². The van der Waals surface area contributed by atoms with E-state index in [1.165, 1.54) is 33.7 Å². The van der Waals surface area contributed by atoms with Crippen LogP contribution in [0.3, 0.4) is 0 Å². The lowest BCUT2D eigenvalue weighted by molar-refractivity contribution is 0.0821. The van der Waals surface area contributed by atoms with E-state index in [0.29, 0.717) is 46.3 Å². The standard InChI is InChI=1S/C21H20N6O3S2/c1-3-9-26-19(16-11-29-14-7-5-6-8-15(14)30-16)23-24-21(26)31-12-13-10-18(28)27-20(22-13)32-17(4-2)25-27/h3,5-8,10,16H,1,4,9,11-12H2,2H3/t16-/m1/s1. The number of hydrogen-bond acceptors (Lipinski definition) is 9. The Morgan fingerprint density at radius 1 is 1.31 bits per heavy atom. The molecule has 4 aromatic rings. The second-order valence-corrected chi connectivity index (χ2v) is 9.01. The fourth-order valence-electron chi connectivity index (χ4n) is 3.34. The zero-order valence-electron chi connectivity index (χ0n) is 17.3. The molecule has 4 heterocycles. The van der Waals surface area contributed by atoms with Crippen LogP contribution < -0.4 is 15.0 Å². The van der Waals surface area contributed by atoms with Crippen LogP contribution in [-0.2, 0) is 18.7 Å². The van der Waals surface area contributed by atoms with Crippen molar-refractivity contribution in [3.8, 4) is 11.5 Å². The van der Waals surface area contributed by atoms with Crippen molar-refractivity contribution in [1.82, 2.24) is 29.4 Å². The molecule has 0 unspecified atom stereocenters. The second-order valence-electron chi connectivity index (χ2n) is 7.02. The smallest absolute Gasteiger partial charge is 0.275 e. The number of aromatic nitrogens is 6. The second kappa shape index (κ2) is 8.75. The molecule has 0 N–H and O–H groups in total. The van der Waals surface area contributed by atoms with Gasteiger partial charge in [0.15, 0.2) is 28.6 Å². The zero-order valence-corrected chi connectivity index (χ0v) is 18.9. The number of benzene rings is 1. The van der Waals surface area contributed by atoms with E-state index in [0.717, 1.165) is 17.2 Å². The lowest BCUT2D eigenvalue weighted by atomic mass is 10.2. The van der Waals surface area contributed by atoms with Gasteiger partial charge in [0.25, 0.3) is 5.56 Å². The summed E-state index contributed by atoms with van der Waals surface area (Å²) in [6.07, 6.45) is 2.17. The molecule has 11 heteroatoms. The largest absolute Gasteiger partial charge is 0.485 e. The van der Waals surface area contributed by atoms with E-state index in [4.69, 9.17) is 9.47 Å². The van der Waals surface area contributed by atoms with E-state index >= 15 is 0 Å². The van der Waals surface area contributed by atoms with Crippen LogP contribution in [0.4, 0.5) is 0 Å². The first-order valence-electron chi connectivity index (χ1n) is 10.1. The number of ether oxygens (including phenoxy) is 2. The van der Waals surface area contributed by atoms with Gasteiger partial charge in [0.2, 0.25) is 4.96 Å². The average Bonchev–Trinajstić information content (AvgIpc) is 3.42. The summed E-state index contributed by atoms with van der Waals surface area (Å²) in [4.78, 5) is 17.6. The van der Waals surface area contributed by atoms with Gasteiger partial charge >= 0.3 is 0 Å². The third-order valence-corrected chi connectivity index (χ3v) is 6.90. The molecule has 3 aromatic heterocycles. The summed E-state index contributed by atoms with van der Waals surface area (Å²) in [6, 6.07) is 9.07. The van der Waals surface area contributed by atoms with E-state index in [2.05, 4.69) is 26.9 Å². The monoisotopic (exact) mass is 468 g/mol. The van der Waals surface area contributed by atoms with Gasteiger partial charge in [0, 0.05) is 18.4 Å². The lowest BCUT2D eigenvalue weighted by Gasteiger charge is -2.26. The van der Waals surface area contributed by atoms with E-state index in [1.54, 1.807) is 6.08 Å². The Hall–Kier alpha value is -3.18. The summed E-state index contributed by atoms with van der Waals surface area (Å²) in [7, 11) is 0. The van der Waals surface area contributed by atoms with Crippen LogP contribution in [0, 0.1) is 0 Å². The topological polar surface area (TPSA) is 96.4 Å². The summed E-state index contributed by atoms with van der Waals surface area (Å²) < 4.78 is 15.2. The van der Waals surface area contributed by atoms with Crippen molar-refractivity contribution < 1.29 is 9.47 Å². The van der Waals surface area contributed by atoms with Crippen molar-refractivity contribution in [1.29, 1.82) is 0 Å². The highest BCUT2D eigenvalue weighted by atomic mass is 32.2. The van der Waals surface area contributed by atoms with Crippen molar-refractivity contribution in [2.24, 2.45) is 0 Å². The quantitative estimate of drug-likeness (QED) is 0.301. The molecule has 0 spiro atoms. The van der Waals surface area contributed by atoms with Crippen LogP contribution in [0.1, 0.15) is 29.6 Å². The van der Waals surface area contributed by atoms with Crippen LogP contribution in [0.2, 0.25) is 0 Å². The predicted molar refractivity (Wildman–Crippen MR) is 122 cm³/mol. The number of nitrogens with zero attached hydrogens (tertiary/aromatic N) is 6. The molecular weight excluding hydrogens is 448 g/mol. The Balaban J connectivity index is 1.38. The maximum atomic E-state index is 12.4. The van der Waals surface area contributed by atoms with E-state index in [9.17, 15) is 4.79 Å². The fraction of sp³-hybridized carbons (Fsp3) is 0.286. The minimum atomic E-state index is -0.379. The highest BCUT2D eigenvalue weighted by molar-refractivity contribution is 7.98. The summed E-state index contributed by atoms with van der Waals surface area (Å²) in [5, 5.41) is 14.6. The molecule has 9 nitrogen and oxygen atoms in total. The zero-order chi connectivity index (χ0) is 22.1. The normalized spacial score (nSPS) is 15.2. The molecule has 0 bridgehead atoms. The number of aryl methyl sites for hydroxylation is 1. The Morgan fingerprint density at radius 3 is 2.97 bits per heavy atom.